The van der Waals surface area contributed by atoms with Gasteiger partial charge < -0.3 is 15.5 Å². The lowest BCUT2D eigenvalue weighted by Gasteiger charge is -2.26. The fourth-order valence-corrected chi connectivity index (χ4v) is 3.84. The van der Waals surface area contributed by atoms with Gasteiger partial charge in [-0.1, -0.05) is 6.07 Å². The number of thiophene rings is 1. The van der Waals surface area contributed by atoms with Crippen LogP contribution in [-0.4, -0.2) is 19.9 Å². The monoisotopic (exact) mass is 370 g/mol. The maximum Gasteiger partial charge on any atom is 0.259 e. The van der Waals surface area contributed by atoms with Crippen molar-refractivity contribution in [2.24, 2.45) is 0 Å². The number of hydrogen-bond acceptors (Lipinski definition) is 8. The smallest absolute Gasteiger partial charge is 0.259 e. The van der Waals surface area contributed by atoms with Crippen LogP contribution in [-0.2, 0) is 6.42 Å². The van der Waals surface area contributed by atoms with Gasteiger partial charge in [0.25, 0.3) is 5.56 Å². The molecule has 25 heavy (non-hydrogen) atoms. The maximum atomic E-state index is 12.5. The summed E-state index contributed by atoms with van der Waals surface area (Å²) in [6.07, 6.45) is 0.00272. The summed E-state index contributed by atoms with van der Waals surface area (Å²) in [4.78, 5) is 27.3. The van der Waals surface area contributed by atoms with Gasteiger partial charge >= 0.3 is 0 Å². The third-order valence-corrected chi connectivity index (χ3v) is 4.91. The van der Waals surface area contributed by atoms with Gasteiger partial charge in [-0.3, -0.25) is 9.78 Å². The zero-order valence-corrected chi connectivity index (χ0v) is 14.2. The van der Waals surface area contributed by atoms with Crippen LogP contribution in [0.1, 0.15) is 27.7 Å². The van der Waals surface area contributed by atoms with Crippen LogP contribution in [0.15, 0.2) is 22.3 Å². The molecule has 0 fully saturated rings. The van der Waals surface area contributed by atoms with Crippen LogP contribution in [0, 0.1) is 16.1 Å². The van der Waals surface area contributed by atoms with Crippen LogP contribution in [0.25, 0.3) is 0 Å². The van der Waals surface area contributed by atoms with Crippen LogP contribution in [0.4, 0.5) is 5.82 Å². The van der Waals surface area contributed by atoms with Crippen LogP contribution >= 0.6 is 23.6 Å². The first-order valence-corrected chi connectivity index (χ1v) is 8.48. The zero-order valence-electron chi connectivity index (χ0n) is 12.6. The van der Waals surface area contributed by atoms with E-state index in [1.165, 1.54) is 11.3 Å². The van der Waals surface area contributed by atoms with Crippen LogP contribution in [0.5, 0.6) is 11.8 Å². The van der Waals surface area contributed by atoms with Gasteiger partial charge in [-0.2, -0.15) is 10.2 Å². The third-order valence-electron chi connectivity index (χ3n) is 3.77. The third kappa shape index (κ3) is 2.50. The number of nitrogens with two attached hydrogens (primary N) is 1. The zero-order chi connectivity index (χ0) is 17.6. The number of nitriles is 1. The van der Waals surface area contributed by atoms with Gasteiger partial charge in [0.1, 0.15) is 11.6 Å². The minimum Gasteiger partial charge on any atom is -0.422 e. The second-order valence-electron chi connectivity index (χ2n) is 5.28. The number of aromatic amines is 2. The van der Waals surface area contributed by atoms with Crippen molar-refractivity contribution in [3.63, 3.8) is 0 Å². The number of hydrogen-bond donors (Lipinski definition) is 3. The summed E-state index contributed by atoms with van der Waals surface area (Å²) in [7, 11) is 0. The Hall–Kier alpha value is -3.03. The molecule has 0 spiro atoms. The molecule has 0 saturated carbocycles. The Balaban J connectivity index is 2.03. The molecule has 0 aromatic carbocycles. The van der Waals surface area contributed by atoms with Gasteiger partial charge in [0.05, 0.1) is 29.5 Å². The number of anilines is 1. The van der Waals surface area contributed by atoms with E-state index in [1.807, 2.05) is 23.6 Å². The number of aromatic nitrogens is 4. The Morgan fingerprint density at radius 1 is 1.40 bits per heavy atom. The summed E-state index contributed by atoms with van der Waals surface area (Å²) < 4.78 is 5.91. The summed E-state index contributed by atoms with van der Waals surface area (Å²) in [5.74, 6) is 0.405. The summed E-state index contributed by atoms with van der Waals surface area (Å²) in [5, 5.41) is 10.8. The summed E-state index contributed by atoms with van der Waals surface area (Å²) >= 11 is 6.51. The van der Waals surface area contributed by atoms with Crippen molar-refractivity contribution >= 4 is 29.4 Å². The second kappa shape index (κ2) is 5.80. The highest BCUT2D eigenvalue weighted by Crippen LogP contribution is 2.47. The fourth-order valence-electron chi connectivity index (χ4n) is 2.81. The molecule has 1 atom stereocenters. The highest BCUT2D eigenvalue weighted by Gasteiger charge is 2.36. The average Bonchev–Trinajstić information content (AvgIpc) is 3.07. The molecule has 0 bridgehead atoms. The normalized spacial score (nSPS) is 14.9. The maximum absolute atomic E-state index is 12.5. The molecule has 4 heterocycles. The molecule has 8 nitrogen and oxygen atoms in total. The topological polar surface area (TPSA) is 133 Å². The van der Waals surface area contributed by atoms with Crippen LogP contribution in [0.3, 0.4) is 0 Å². The summed E-state index contributed by atoms with van der Waals surface area (Å²) in [6.45, 7) is 0. The molecule has 124 valence electrons. The standard InChI is InChI=1S/C15H10N6O2S2/c16-4-3-7-18-11(17)9-8(6-2-1-5-25-6)10-12(22)20-15(24)21-14(10)23-13(9)19-7/h1-2,5,8H,3H2,(H2,17,18,19)(H2,20,21,22,24). The van der Waals surface area contributed by atoms with Crippen molar-refractivity contribution in [2.45, 2.75) is 12.3 Å². The van der Waals surface area contributed by atoms with Gasteiger partial charge in [-0.15, -0.1) is 11.3 Å². The van der Waals surface area contributed by atoms with Crippen molar-refractivity contribution in [1.29, 1.82) is 5.26 Å². The minimum atomic E-state index is -0.481. The van der Waals surface area contributed by atoms with Crippen LogP contribution in [0.2, 0.25) is 0 Å². The fraction of sp³-hybridized carbons (Fsp3) is 0.133. The number of H-pyrrole nitrogens is 2. The SMILES string of the molecule is N#CCc1nc(N)c2c(n1)Oc1[nH]c(=S)[nH]c(=O)c1C2c1cccs1. The molecule has 0 radical (unpaired) electrons. The molecule has 4 rings (SSSR count). The number of nitrogens with zero attached hydrogens (tertiary/aromatic N) is 3. The van der Waals surface area contributed by atoms with E-state index in [4.69, 9.17) is 28.0 Å². The van der Waals surface area contributed by atoms with Gasteiger partial charge in [-0.05, 0) is 23.7 Å². The first kappa shape index (κ1) is 15.5. The highest BCUT2D eigenvalue weighted by atomic mass is 32.1. The summed E-state index contributed by atoms with van der Waals surface area (Å²) in [6, 6.07) is 5.77. The number of fused-ring (bicyclic) bond motifs is 2. The molecule has 4 N–H and O–H groups in total. The van der Waals surface area contributed by atoms with E-state index < -0.39 is 5.92 Å². The quantitative estimate of drug-likeness (QED) is 0.461. The van der Waals surface area contributed by atoms with E-state index in [1.54, 1.807) is 0 Å². The second-order valence-corrected chi connectivity index (χ2v) is 6.67. The van der Waals surface area contributed by atoms with Crippen molar-refractivity contribution in [3.8, 4) is 17.8 Å². The van der Waals surface area contributed by atoms with Crippen LogP contribution < -0.4 is 16.0 Å². The van der Waals surface area contributed by atoms with Crippen molar-refractivity contribution in [2.75, 3.05) is 5.73 Å². The van der Waals surface area contributed by atoms with E-state index in [2.05, 4.69) is 19.9 Å². The molecule has 0 aliphatic carbocycles. The summed E-state index contributed by atoms with van der Waals surface area (Å²) in [5.41, 5.74) is 6.64. The van der Waals surface area contributed by atoms with E-state index in [9.17, 15) is 4.79 Å². The number of nitrogen functional groups attached to an aromatic ring is 1. The van der Waals surface area contributed by atoms with E-state index in [-0.39, 0.29) is 40.2 Å². The first-order chi connectivity index (χ1) is 12.1. The Morgan fingerprint density at radius 3 is 2.96 bits per heavy atom. The number of rotatable bonds is 2. The molecule has 0 amide bonds. The Bertz CT molecular complexity index is 1130. The lowest BCUT2D eigenvalue weighted by Crippen LogP contribution is -2.25. The number of nitrogens with one attached hydrogen (secondary N) is 2. The van der Waals surface area contributed by atoms with E-state index in [0.29, 0.717) is 11.1 Å². The molecule has 3 aromatic rings. The average molecular weight is 370 g/mol. The highest BCUT2D eigenvalue weighted by molar-refractivity contribution is 7.71. The predicted octanol–water partition coefficient (Wildman–Crippen LogP) is 2.22. The minimum absolute atomic E-state index is 0.00272. The van der Waals surface area contributed by atoms with Crippen molar-refractivity contribution in [1.82, 2.24) is 19.9 Å². The molecule has 1 aliphatic heterocycles. The predicted molar refractivity (Wildman–Crippen MR) is 93.3 cm³/mol. The van der Waals surface area contributed by atoms with E-state index in [0.717, 1.165) is 4.88 Å². The largest absolute Gasteiger partial charge is 0.422 e. The van der Waals surface area contributed by atoms with Crippen molar-refractivity contribution < 1.29 is 4.74 Å². The molecule has 0 saturated heterocycles. The molecular formula is C15H10N6O2S2. The van der Waals surface area contributed by atoms with Crippen molar-refractivity contribution in [3.05, 3.63) is 54.5 Å². The molecule has 10 heteroatoms. The van der Waals surface area contributed by atoms with Gasteiger partial charge in [0.2, 0.25) is 11.8 Å². The Kier molecular flexibility index (Phi) is 3.60. The van der Waals surface area contributed by atoms with Gasteiger partial charge in [0, 0.05) is 4.88 Å². The lowest BCUT2D eigenvalue weighted by atomic mass is 9.90. The Labute approximate surface area is 150 Å². The molecular weight excluding hydrogens is 360 g/mol. The first-order valence-electron chi connectivity index (χ1n) is 7.19. The molecule has 1 unspecified atom stereocenters. The van der Waals surface area contributed by atoms with E-state index >= 15 is 0 Å². The molecule has 3 aromatic heterocycles. The molecule has 1 aliphatic rings. The van der Waals surface area contributed by atoms with Gasteiger partial charge in [0.15, 0.2) is 4.77 Å². The lowest BCUT2D eigenvalue weighted by molar-refractivity contribution is 0.410. The van der Waals surface area contributed by atoms with Gasteiger partial charge in [-0.25, -0.2) is 4.98 Å². The number of ether oxygens (including phenoxy) is 1. The Morgan fingerprint density at radius 2 is 2.24 bits per heavy atom.